The molecule has 2 aliphatic rings. The number of nitrogens with zero attached hydrogens (tertiary/aromatic N) is 3. The number of nitrogens with one attached hydrogen (secondary N) is 1. The van der Waals surface area contributed by atoms with Crippen LogP contribution in [0.4, 0.5) is 10.5 Å². The Morgan fingerprint density at radius 1 is 1.06 bits per heavy atom. The molecule has 2 saturated heterocycles. The number of carbonyl (C=O) groups excluding carboxylic acids is 2. The summed E-state index contributed by atoms with van der Waals surface area (Å²) in [5, 5.41) is 3.97. The van der Waals surface area contributed by atoms with Crippen molar-refractivity contribution in [3.63, 3.8) is 0 Å². The van der Waals surface area contributed by atoms with Gasteiger partial charge in [0.15, 0.2) is 0 Å². The number of hydrogen-bond donors (Lipinski definition) is 1. The van der Waals surface area contributed by atoms with Gasteiger partial charge in [-0.25, -0.2) is 4.79 Å². The zero-order valence-corrected chi connectivity index (χ0v) is 21.2. The van der Waals surface area contributed by atoms with Gasteiger partial charge in [0, 0.05) is 50.8 Å². The molecule has 3 heterocycles. The Kier molecular flexibility index (Phi) is 7.24. The molecule has 2 aliphatic heterocycles. The lowest BCUT2D eigenvalue weighted by molar-refractivity contribution is 0.0282. The Balaban J connectivity index is 1.30. The normalized spacial score (nSPS) is 19.8. The molecular formula is C25H30Cl2N4O3. The molecule has 0 radical (unpaired) electrons. The second-order valence-corrected chi connectivity index (χ2v) is 10.8. The van der Waals surface area contributed by atoms with Crippen LogP contribution in [0.15, 0.2) is 36.7 Å². The molecule has 1 aromatic heterocycles. The number of rotatable bonds is 5. The van der Waals surface area contributed by atoms with Gasteiger partial charge in [0.1, 0.15) is 5.60 Å². The summed E-state index contributed by atoms with van der Waals surface area (Å²) in [5.74, 6) is 0.609. The highest BCUT2D eigenvalue weighted by Crippen LogP contribution is 2.34. The van der Waals surface area contributed by atoms with E-state index >= 15 is 0 Å². The van der Waals surface area contributed by atoms with E-state index in [1.165, 1.54) is 0 Å². The first kappa shape index (κ1) is 24.6. The summed E-state index contributed by atoms with van der Waals surface area (Å²) in [6.07, 6.45) is 3.78. The first-order valence-electron chi connectivity index (χ1n) is 11.5. The van der Waals surface area contributed by atoms with E-state index in [9.17, 15) is 9.59 Å². The fraction of sp³-hybridized carbons (Fsp3) is 0.480. The lowest BCUT2D eigenvalue weighted by Crippen LogP contribution is -2.37. The molecule has 7 nitrogen and oxygen atoms in total. The Labute approximate surface area is 210 Å². The fourth-order valence-corrected chi connectivity index (χ4v) is 4.84. The van der Waals surface area contributed by atoms with Crippen LogP contribution in [0.2, 0.25) is 10.0 Å². The number of halogens is 2. The van der Waals surface area contributed by atoms with Crippen molar-refractivity contribution >= 4 is 40.9 Å². The van der Waals surface area contributed by atoms with E-state index in [-0.39, 0.29) is 12.0 Å². The van der Waals surface area contributed by atoms with Crippen molar-refractivity contribution in [1.82, 2.24) is 15.2 Å². The van der Waals surface area contributed by atoms with Crippen LogP contribution in [0.25, 0.3) is 0 Å². The van der Waals surface area contributed by atoms with Crippen molar-refractivity contribution in [3.05, 3.63) is 57.8 Å². The Morgan fingerprint density at radius 2 is 1.76 bits per heavy atom. The maximum Gasteiger partial charge on any atom is 0.410 e. The third kappa shape index (κ3) is 5.94. The molecule has 0 spiro atoms. The minimum Gasteiger partial charge on any atom is -0.444 e. The van der Waals surface area contributed by atoms with Gasteiger partial charge >= 0.3 is 6.09 Å². The maximum atomic E-state index is 12.7. The van der Waals surface area contributed by atoms with Crippen LogP contribution in [0.5, 0.6) is 0 Å². The van der Waals surface area contributed by atoms with Crippen molar-refractivity contribution < 1.29 is 14.3 Å². The molecule has 2 fully saturated rings. The Morgan fingerprint density at radius 3 is 2.41 bits per heavy atom. The van der Waals surface area contributed by atoms with E-state index in [4.69, 9.17) is 27.9 Å². The number of amides is 2. The standard InChI is InChI=1S/C25H30Cl2N4O3/c1-25(2,3)34-24(33)31-14-18-12-30(13-19(18)15-31)20-9-17(10-28-11-20)23(32)29-7-6-16-4-5-21(26)22(27)8-16/h4-5,8-11,18-19H,6-7,12-15H2,1-3H3,(H,29,32)/t18-,19+. The largest absolute Gasteiger partial charge is 0.444 e. The predicted molar refractivity (Wildman–Crippen MR) is 134 cm³/mol. The lowest BCUT2D eigenvalue weighted by Gasteiger charge is -2.26. The average molecular weight is 505 g/mol. The highest BCUT2D eigenvalue weighted by Gasteiger charge is 2.42. The summed E-state index contributed by atoms with van der Waals surface area (Å²) >= 11 is 12.0. The molecule has 0 aliphatic carbocycles. The summed E-state index contributed by atoms with van der Waals surface area (Å²) in [7, 11) is 0. The molecule has 2 aromatic rings. The van der Waals surface area contributed by atoms with Crippen molar-refractivity contribution in [3.8, 4) is 0 Å². The zero-order valence-electron chi connectivity index (χ0n) is 19.7. The van der Waals surface area contributed by atoms with E-state index in [1.807, 2.05) is 43.9 Å². The van der Waals surface area contributed by atoms with E-state index in [0.717, 1.165) is 24.3 Å². The molecular weight excluding hydrogens is 475 g/mol. The number of hydrogen-bond acceptors (Lipinski definition) is 5. The number of aromatic nitrogens is 1. The molecule has 2 amide bonds. The smallest absolute Gasteiger partial charge is 0.410 e. The van der Waals surface area contributed by atoms with Crippen LogP contribution in [0.1, 0.15) is 36.7 Å². The van der Waals surface area contributed by atoms with E-state index in [1.54, 1.807) is 18.5 Å². The van der Waals surface area contributed by atoms with Crippen molar-refractivity contribution in [2.24, 2.45) is 11.8 Å². The molecule has 0 bridgehead atoms. The third-order valence-corrected chi connectivity index (χ3v) is 6.91. The second kappa shape index (κ2) is 10.0. The first-order valence-corrected chi connectivity index (χ1v) is 12.2. The highest BCUT2D eigenvalue weighted by atomic mass is 35.5. The molecule has 4 rings (SSSR count). The topological polar surface area (TPSA) is 74.8 Å². The van der Waals surface area contributed by atoms with Crippen LogP contribution < -0.4 is 10.2 Å². The van der Waals surface area contributed by atoms with Gasteiger partial charge < -0.3 is 19.9 Å². The van der Waals surface area contributed by atoms with Gasteiger partial charge in [-0.05, 0) is 51.0 Å². The number of likely N-dealkylation sites (tertiary alicyclic amines) is 1. The van der Waals surface area contributed by atoms with Crippen molar-refractivity contribution in [1.29, 1.82) is 0 Å². The first-order chi connectivity index (χ1) is 16.1. The monoisotopic (exact) mass is 504 g/mol. The predicted octanol–water partition coefficient (Wildman–Crippen LogP) is 4.66. The summed E-state index contributed by atoms with van der Waals surface area (Å²) in [4.78, 5) is 33.4. The minimum atomic E-state index is -0.491. The van der Waals surface area contributed by atoms with Gasteiger partial charge in [-0.3, -0.25) is 9.78 Å². The Hall–Kier alpha value is -2.51. The van der Waals surface area contributed by atoms with Gasteiger partial charge in [-0.2, -0.15) is 0 Å². The van der Waals surface area contributed by atoms with Crippen LogP contribution in [-0.4, -0.2) is 60.2 Å². The quantitative estimate of drug-likeness (QED) is 0.640. The third-order valence-electron chi connectivity index (χ3n) is 6.17. The van der Waals surface area contributed by atoms with E-state index in [2.05, 4.69) is 15.2 Å². The van der Waals surface area contributed by atoms with E-state index < -0.39 is 5.60 Å². The molecule has 0 unspecified atom stereocenters. The maximum absolute atomic E-state index is 12.7. The number of carbonyl (C=O) groups is 2. The Bertz CT molecular complexity index is 1060. The van der Waals surface area contributed by atoms with Crippen LogP contribution in [0, 0.1) is 11.8 Å². The summed E-state index contributed by atoms with van der Waals surface area (Å²) < 4.78 is 5.52. The van der Waals surface area contributed by atoms with Gasteiger partial charge in [0.25, 0.3) is 5.91 Å². The van der Waals surface area contributed by atoms with Gasteiger partial charge in [0.05, 0.1) is 27.5 Å². The molecule has 1 N–H and O–H groups in total. The highest BCUT2D eigenvalue weighted by molar-refractivity contribution is 6.42. The van der Waals surface area contributed by atoms with Gasteiger partial charge in [-0.15, -0.1) is 0 Å². The molecule has 0 saturated carbocycles. The summed E-state index contributed by atoms with van der Waals surface area (Å²) in [6.45, 7) is 9.17. The number of fused-ring (bicyclic) bond motifs is 1. The zero-order chi connectivity index (χ0) is 24.5. The van der Waals surface area contributed by atoms with Gasteiger partial charge in [-0.1, -0.05) is 29.3 Å². The molecule has 9 heteroatoms. The van der Waals surface area contributed by atoms with Crippen LogP contribution >= 0.6 is 23.2 Å². The fourth-order valence-electron chi connectivity index (χ4n) is 4.52. The average Bonchev–Trinajstić information content (AvgIpc) is 3.35. The molecule has 34 heavy (non-hydrogen) atoms. The molecule has 1 aromatic carbocycles. The summed E-state index contributed by atoms with van der Waals surface area (Å²) in [6, 6.07) is 7.35. The molecule has 182 valence electrons. The van der Waals surface area contributed by atoms with Crippen LogP contribution in [-0.2, 0) is 11.2 Å². The van der Waals surface area contributed by atoms with E-state index in [0.29, 0.717) is 53.5 Å². The number of ether oxygens (including phenoxy) is 1. The number of anilines is 1. The number of pyridine rings is 1. The lowest BCUT2D eigenvalue weighted by atomic mass is 10.0. The van der Waals surface area contributed by atoms with Crippen molar-refractivity contribution in [2.75, 3.05) is 37.6 Å². The number of benzene rings is 1. The van der Waals surface area contributed by atoms with Crippen molar-refractivity contribution in [2.45, 2.75) is 32.8 Å². The van der Waals surface area contributed by atoms with Crippen LogP contribution in [0.3, 0.4) is 0 Å². The van der Waals surface area contributed by atoms with Gasteiger partial charge in [0.2, 0.25) is 0 Å². The minimum absolute atomic E-state index is 0.162. The molecule has 2 atom stereocenters. The second-order valence-electron chi connectivity index (χ2n) is 10.00. The summed E-state index contributed by atoms with van der Waals surface area (Å²) in [5.41, 5.74) is 1.97. The SMILES string of the molecule is CC(C)(C)OC(=O)N1C[C@@H]2CN(c3cncc(C(=O)NCCc4ccc(Cl)c(Cl)c4)c3)C[C@@H]2C1.